The Hall–Kier alpha value is -5.60. The molecule has 0 heterocycles. The Kier molecular flexibility index (Phi) is 6.69. The molecule has 0 atom stereocenters. The van der Waals surface area contributed by atoms with Crippen molar-refractivity contribution in [2.24, 2.45) is 0 Å². The summed E-state index contributed by atoms with van der Waals surface area (Å²) in [5, 5.41) is 9.99. The van der Waals surface area contributed by atoms with E-state index in [1.165, 1.54) is 65.7 Å². The molecular weight excluding hydrogens is 544 g/mol. The van der Waals surface area contributed by atoms with Crippen LogP contribution in [0, 0.1) is 0 Å². The van der Waals surface area contributed by atoms with Gasteiger partial charge in [0.1, 0.15) is 0 Å². The molecule has 0 amide bonds. The number of aryl methyl sites for hydroxylation is 1. The number of nitrogens with zero attached hydrogens (tertiary/aromatic N) is 2. The fourth-order valence-corrected chi connectivity index (χ4v) is 6.91. The lowest BCUT2D eigenvalue weighted by molar-refractivity contribution is 1.15. The number of rotatable bonds is 6. The maximum atomic E-state index is 2.45. The summed E-state index contributed by atoms with van der Waals surface area (Å²) in [5.74, 6) is 0. The highest BCUT2D eigenvalue weighted by Crippen LogP contribution is 2.47. The average molecular weight is 579 g/mol. The van der Waals surface area contributed by atoms with Crippen LogP contribution in [0.25, 0.3) is 43.1 Å². The van der Waals surface area contributed by atoms with Crippen LogP contribution in [0.1, 0.15) is 12.5 Å². The van der Waals surface area contributed by atoms with Crippen LogP contribution >= 0.6 is 0 Å². The molecule has 216 valence electrons. The first-order valence-corrected chi connectivity index (χ1v) is 15.7. The van der Waals surface area contributed by atoms with Crippen LogP contribution in [0.5, 0.6) is 0 Å². The SMILES string of the molecule is CCc1ccc2c(N(c3ccccc3)c3cc4cc(N(C)c5ccccc5)c5ccccc5c4c4ccccc34)cccc2c1. The third-order valence-electron chi connectivity index (χ3n) is 9.15. The highest BCUT2D eigenvalue weighted by molar-refractivity contribution is 6.26. The molecule has 0 saturated heterocycles. The number of hydrogen-bond donors (Lipinski definition) is 0. The number of hydrogen-bond acceptors (Lipinski definition) is 2. The summed E-state index contributed by atoms with van der Waals surface area (Å²) in [7, 11) is 2.17. The summed E-state index contributed by atoms with van der Waals surface area (Å²) in [6.07, 6.45) is 1.02. The molecular formula is C43H34N2. The Balaban J connectivity index is 1.47. The molecule has 0 saturated carbocycles. The number of benzene rings is 8. The first-order valence-electron chi connectivity index (χ1n) is 15.7. The highest BCUT2D eigenvalue weighted by atomic mass is 15.1. The van der Waals surface area contributed by atoms with Crippen LogP contribution in [-0.4, -0.2) is 7.05 Å². The van der Waals surface area contributed by atoms with E-state index in [1.807, 2.05) is 0 Å². The molecule has 8 aromatic carbocycles. The Morgan fingerprint density at radius 2 is 1.00 bits per heavy atom. The number of anilines is 5. The van der Waals surface area contributed by atoms with Crippen LogP contribution in [0.2, 0.25) is 0 Å². The van der Waals surface area contributed by atoms with Crippen molar-refractivity contribution in [2.45, 2.75) is 13.3 Å². The molecule has 2 nitrogen and oxygen atoms in total. The zero-order chi connectivity index (χ0) is 30.3. The fraction of sp³-hybridized carbons (Fsp3) is 0.0698. The van der Waals surface area contributed by atoms with Gasteiger partial charge in [-0.1, -0.05) is 122 Å². The van der Waals surface area contributed by atoms with Crippen LogP contribution in [0.3, 0.4) is 0 Å². The predicted octanol–water partition coefficient (Wildman–Crippen LogP) is 12.1. The van der Waals surface area contributed by atoms with Gasteiger partial charge in [0.2, 0.25) is 0 Å². The second-order valence-corrected chi connectivity index (χ2v) is 11.7. The lowest BCUT2D eigenvalue weighted by Crippen LogP contribution is -2.12. The molecule has 8 aromatic rings. The van der Waals surface area contributed by atoms with E-state index in [1.54, 1.807) is 0 Å². The Morgan fingerprint density at radius 1 is 0.422 bits per heavy atom. The average Bonchev–Trinajstić information content (AvgIpc) is 3.11. The van der Waals surface area contributed by atoms with E-state index in [4.69, 9.17) is 0 Å². The maximum absolute atomic E-state index is 2.45. The maximum Gasteiger partial charge on any atom is 0.0546 e. The molecule has 0 aliphatic rings. The third-order valence-corrected chi connectivity index (χ3v) is 9.15. The lowest BCUT2D eigenvalue weighted by atomic mass is 9.93. The van der Waals surface area contributed by atoms with Crippen molar-refractivity contribution in [3.05, 3.63) is 163 Å². The Bertz CT molecular complexity index is 2320. The van der Waals surface area contributed by atoms with Gasteiger partial charge in [0.15, 0.2) is 0 Å². The second-order valence-electron chi connectivity index (χ2n) is 11.7. The van der Waals surface area contributed by atoms with Gasteiger partial charge in [0.25, 0.3) is 0 Å². The first kappa shape index (κ1) is 27.0. The van der Waals surface area contributed by atoms with E-state index < -0.39 is 0 Å². The summed E-state index contributed by atoms with van der Waals surface area (Å²) in [6, 6.07) is 57.5. The van der Waals surface area contributed by atoms with Crippen molar-refractivity contribution < 1.29 is 0 Å². The molecule has 0 bridgehead atoms. The van der Waals surface area contributed by atoms with Gasteiger partial charge in [-0.2, -0.15) is 0 Å². The van der Waals surface area contributed by atoms with Crippen LogP contribution in [0.4, 0.5) is 28.4 Å². The quantitative estimate of drug-likeness (QED) is 0.181. The summed E-state index contributed by atoms with van der Waals surface area (Å²) in [4.78, 5) is 4.76. The predicted molar refractivity (Wildman–Crippen MR) is 195 cm³/mol. The van der Waals surface area contributed by atoms with Gasteiger partial charge in [0.05, 0.1) is 11.4 Å². The smallest absolute Gasteiger partial charge is 0.0546 e. The monoisotopic (exact) mass is 578 g/mol. The topological polar surface area (TPSA) is 6.48 Å². The van der Waals surface area contributed by atoms with E-state index in [-0.39, 0.29) is 0 Å². The summed E-state index contributed by atoms with van der Waals surface area (Å²) >= 11 is 0. The molecule has 0 radical (unpaired) electrons. The Labute approximate surface area is 264 Å². The molecule has 0 unspecified atom stereocenters. The van der Waals surface area contributed by atoms with Gasteiger partial charge in [-0.3, -0.25) is 0 Å². The first-order chi connectivity index (χ1) is 22.2. The number of para-hydroxylation sites is 2. The summed E-state index contributed by atoms with van der Waals surface area (Å²) < 4.78 is 0. The Morgan fingerprint density at radius 3 is 1.67 bits per heavy atom. The van der Waals surface area contributed by atoms with Crippen molar-refractivity contribution >= 4 is 71.5 Å². The fourth-order valence-electron chi connectivity index (χ4n) is 6.91. The number of fused-ring (bicyclic) bond motifs is 6. The molecule has 0 aromatic heterocycles. The molecule has 0 fully saturated rings. The third kappa shape index (κ3) is 4.58. The largest absolute Gasteiger partial charge is 0.344 e. The summed E-state index contributed by atoms with van der Waals surface area (Å²) in [6.45, 7) is 2.22. The van der Waals surface area contributed by atoms with Gasteiger partial charge in [-0.05, 0) is 81.4 Å². The molecule has 45 heavy (non-hydrogen) atoms. The molecule has 8 rings (SSSR count). The minimum absolute atomic E-state index is 1.02. The van der Waals surface area contributed by atoms with Crippen LogP contribution in [-0.2, 0) is 6.42 Å². The standard InChI is InChI=1S/C43H34N2/c1-3-30-25-26-35-31(27-30)15-14-24-40(35)45(34-18-8-5-9-19-34)42-29-32-28-41(44(2)33-16-6-4-7-17-33)36-20-10-12-22-38(36)43(32)39-23-13-11-21-37(39)42/h4-29H,3H2,1-2H3. The minimum atomic E-state index is 1.02. The van der Waals surface area contributed by atoms with Gasteiger partial charge in [-0.25, -0.2) is 0 Å². The van der Waals surface area contributed by atoms with E-state index in [2.05, 4.69) is 181 Å². The minimum Gasteiger partial charge on any atom is -0.344 e. The van der Waals surface area contributed by atoms with Crippen molar-refractivity contribution in [3.8, 4) is 0 Å². The van der Waals surface area contributed by atoms with Crippen molar-refractivity contribution in [1.82, 2.24) is 0 Å². The molecule has 0 N–H and O–H groups in total. The lowest BCUT2D eigenvalue weighted by Gasteiger charge is -2.29. The van der Waals surface area contributed by atoms with Crippen molar-refractivity contribution in [3.63, 3.8) is 0 Å². The van der Waals surface area contributed by atoms with E-state index >= 15 is 0 Å². The van der Waals surface area contributed by atoms with E-state index in [0.717, 1.165) is 17.8 Å². The van der Waals surface area contributed by atoms with Gasteiger partial charge >= 0.3 is 0 Å². The van der Waals surface area contributed by atoms with Gasteiger partial charge in [0, 0.05) is 40.3 Å². The van der Waals surface area contributed by atoms with Crippen LogP contribution in [0.15, 0.2) is 158 Å². The zero-order valence-corrected chi connectivity index (χ0v) is 25.6. The molecule has 0 spiro atoms. The normalized spacial score (nSPS) is 11.4. The molecule has 2 heteroatoms. The molecule has 0 aliphatic carbocycles. The van der Waals surface area contributed by atoms with E-state index in [9.17, 15) is 0 Å². The molecule has 0 aliphatic heterocycles. The van der Waals surface area contributed by atoms with Gasteiger partial charge in [-0.15, -0.1) is 0 Å². The summed E-state index contributed by atoms with van der Waals surface area (Å²) in [5.41, 5.74) is 7.18. The van der Waals surface area contributed by atoms with Crippen molar-refractivity contribution in [1.29, 1.82) is 0 Å². The van der Waals surface area contributed by atoms with E-state index in [0.29, 0.717) is 0 Å². The second kappa shape index (κ2) is 11.2. The van der Waals surface area contributed by atoms with Crippen molar-refractivity contribution in [2.75, 3.05) is 16.8 Å². The van der Waals surface area contributed by atoms with Crippen LogP contribution < -0.4 is 9.80 Å². The highest BCUT2D eigenvalue weighted by Gasteiger charge is 2.21. The zero-order valence-electron chi connectivity index (χ0n) is 25.6. The van der Waals surface area contributed by atoms with Gasteiger partial charge < -0.3 is 9.80 Å².